The largest absolute Gasteiger partial charge is 0.534 e. The molecule has 1 unspecified atom stereocenters. The number of hydrogen-bond acceptors (Lipinski definition) is 8. The predicted octanol–water partition coefficient (Wildman–Crippen LogP) is 3.59. The number of carboxylic acid groups (broad SMARTS) is 1. The Hall–Kier alpha value is -2.25. The van der Waals surface area contributed by atoms with Gasteiger partial charge in [-0.15, -0.1) is 11.3 Å². The Morgan fingerprint density at radius 2 is 1.90 bits per heavy atom. The number of thiazole rings is 1. The van der Waals surface area contributed by atoms with Crippen LogP contribution in [0.1, 0.15) is 47.8 Å². The van der Waals surface area contributed by atoms with Gasteiger partial charge in [-0.25, -0.2) is 9.78 Å². The number of carbonyl (C=O) groups is 2. The maximum atomic E-state index is 12.9. The van der Waals surface area contributed by atoms with Crippen molar-refractivity contribution in [3.63, 3.8) is 0 Å². The van der Waals surface area contributed by atoms with Crippen molar-refractivity contribution in [2.24, 2.45) is 0 Å². The SMILES string of the molecule is Cc1cc2nc(C=O)sc2c(OS(=O)(=O)C(F)(F)F)c1C(OC(C)(C)C)C(=O)O. The maximum absolute atomic E-state index is 12.9. The van der Waals surface area contributed by atoms with Crippen LogP contribution in [0.25, 0.3) is 10.2 Å². The molecule has 1 heterocycles. The number of benzene rings is 1. The Morgan fingerprint density at radius 3 is 2.34 bits per heavy atom. The minimum atomic E-state index is -6.14. The van der Waals surface area contributed by atoms with Gasteiger partial charge in [0.2, 0.25) is 0 Å². The molecule has 0 fully saturated rings. The Morgan fingerprint density at radius 1 is 1.31 bits per heavy atom. The fourth-order valence-corrected chi connectivity index (χ4v) is 3.79. The van der Waals surface area contributed by atoms with E-state index in [1.54, 1.807) is 0 Å². The quantitative estimate of drug-likeness (QED) is 0.399. The number of aldehydes is 1. The molecule has 1 aromatic heterocycles. The van der Waals surface area contributed by atoms with Crippen LogP contribution in [0.3, 0.4) is 0 Å². The van der Waals surface area contributed by atoms with E-state index < -0.39 is 44.6 Å². The lowest BCUT2D eigenvalue weighted by molar-refractivity contribution is -0.160. The third kappa shape index (κ3) is 4.85. The molecule has 13 heteroatoms. The van der Waals surface area contributed by atoms with Crippen LogP contribution in [0.2, 0.25) is 0 Å². The number of rotatable bonds is 6. The number of ether oxygens (including phenoxy) is 1. The summed E-state index contributed by atoms with van der Waals surface area (Å²) in [5.41, 5.74) is -7.20. The number of carbonyl (C=O) groups excluding carboxylic acids is 1. The summed E-state index contributed by atoms with van der Waals surface area (Å²) in [5.74, 6) is -2.46. The van der Waals surface area contributed by atoms with E-state index in [0.717, 1.165) is 0 Å². The van der Waals surface area contributed by atoms with Crippen molar-refractivity contribution >= 4 is 43.9 Å². The Bertz CT molecular complexity index is 1070. The number of aromatic nitrogens is 1. The van der Waals surface area contributed by atoms with Gasteiger partial charge in [-0.3, -0.25) is 4.79 Å². The molecule has 2 rings (SSSR count). The van der Waals surface area contributed by atoms with Crippen LogP contribution < -0.4 is 4.18 Å². The minimum Gasteiger partial charge on any atom is -0.479 e. The zero-order chi connectivity index (χ0) is 22.4. The van der Waals surface area contributed by atoms with E-state index in [-0.39, 0.29) is 20.8 Å². The van der Waals surface area contributed by atoms with Crippen LogP contribution in [0.5, 0.6) is 5.75 Å². The first kappa shape index (κ1) is 23.0. The number of aryl methyl sites for hydroxylation is 1. The topological polar surface area (TPSA) is 120 Å². The van der Waals surface area contributed by atoms with Gasteiger partial charge >= 0.3 is 21.6 Å². The molecule has 0 saturated heterocycles. The number of halogens is 3. The molecular weight excluding hydrogens is 439 g/mol. The molecule has 0 bridgehead atoms. The Balaban J connectivity index is 2.88. The van der Waals surface area contributed by atoms with Crippen LogP contribution in [-0.2, 0) is 19.6 Å². The first-order valence-electron chi connectivity index (χ1n) is 7.88. The highest BCUT2D eigenvalue weighted by Crippen LogP contribution is 2.43. The van der Waals surface area contributed by atoms with E-state index in [2.05, 4.69) is 9.17 Å². The molecule has 0 radical (unpaired) electrons. The number of fused-ring (bicyclic) bond motifs is 1. The van der Waals surface area contributed by atoms with Crippen LogP contribution in [0, 0.1) is 6.92 Å². The van der Waals surface area contributed by atoms with Gasteiger partial charge in [0.05, 0.1) is 15.8 Å². The molecule has 1 aromatic carbocycles. The molecule has 8 nitrogen and oxygen atoms in total. The van der Waals surface area contributed by atoms with Crippen LogP contribution in [-0.4, -0.2) is 41.9 Å². The molecule has 0 spiro atoms. The van der Waals surface area contributed by atoms with Gasteiger partial charge in [-0.05, 0) is 39.3 Å². The average molecular weight is 455 g/mol. The fraction of sp³-hybridized carbons (Fsp3) is 0.438. The molecule has 0 aliphatic rings. The van der Waals surface area contributed by atoms with Gasteiger partial charge in [0.15, 0.2) is 23.1 Å². The highest BCUT2D eigenvalue weighted by atomic mass is 32.2. The van der Waals surface area contributed by atoms with E-state index in [4.69, 9.17) is 4.74 Å². The second-order valence-electron chi connectivity index (χ2n) is 6.89. The molecule has 0 aliphatic heterocycles. The van der Waals surface area contributed by atoms with E-state index in [0.29, 0.717) is 17.6 Å². The molecule has 29 heavy (non-hydrogen) atoms. The number of nitrogens with zero attached hydrogens (tertiary/aromatic N) is 1. The van der Waals surface area contributed by atoms with Gasteiger partial charge in [0.25, 0.3) is 0 Å². The molecule has 1 atom stereocenters. The molecule has 1 N–H and O–H groups in total. The van der Waals surface area contributed by atoms with Crippen molar-refractivity contribution in [2.75, 3.05) is 0 Å². The van der Waals surface area contributed by atoms with Crippen molar-refractivity contribution < 1.29 is 45.2 Å². The fourth-order valence-electron chi connectivity index (χ4n) is 2.40. The normalized spacial score (nSPS) is 14.0. The van der Waals surface area contributed by atoms with Crippen LogP contribution >= 0.6 is 11.3 Å². The molecule has 0 amide bonds. The first-order chi connectivity index (χ1) is 13.1. The molecular formula is C16H16F3NO7S2. The summed E-state index contributed by atoms with van der Waals surface area (Å²) in [6.07, 6.45) is -1.53. The number of hydrogen-bond donors (Lipinski definition) is 1. The first-order valence-corrected chi connectivity index (χ1v) is 10.1. The summed E-state index contributed by atoms with van der Waals surface area (Å²) in [7, 11) is -6.14. The molecule has 160 valence electrons. The van der Waals surface area contributed by atoms with E-state index in [9.17, 15) is 36.3 Å². The molecule has 0 saturated carbocycles. The summed E-state index contributed by atoms with van der Waals surface area (Å²) in [6, 6.07) is 1.31. The summed E-state index contributed by atoms with van der Waals surface area (Å²) in [5, 5.41) is 9.44. The standard InChI is InChI=1S/C16H16F3NO7S2/c1-7-5-8-13(28-9(6-21)20-8)11(27-29(24,25)16(17,18)19)10(7)12(14(22)23)26-15(2,3)4/h5-6,12H,1-4H3,(H,22,23). The lowest BCUT2D eigenvalue weighted by Crippen LogP contribution is -2.31. The van der Waals surface area contributed by atoms with Crippen molar-refractivity contribution in [3.05, 3.63) is 22.2 Å². The summed E-state index contributed by atoms with van der Waals surface area (Å²) >= 11 is 0.561. The second-order valence-corrected chi connectivity index (χ2v) is 9.45. The van der Waals surface area contributed by atoms with Crippen molar-refractivity contribution in [3.8, 4) is 5.75 Å². The number of carboxylic acids is 1. The monoisotopic (exact) mass is 455 g/mol. The smallest absolute Gasteiger partial charge is 0.479 e. The maximum Gasteiger partial charge on any atom is 0.534 e. The third-order valence-corrected chi connectivity index (χ3v) is 5.38. The number of aliphatic carboxylic acids is 1. The highest BCUT2D eigenvalue weighted by Gasteiger charge is 2.49. The van der Waals surface area contributed by atoms with E-state index in [1.807, 2.05) is 0 Å². The van der Waals surface area contributed by atoms with Crippen LogP contribution in [0.4, 0.5) is 13.2 Å². The van der Waals surface area contributed by atoms with E-state index in [1.165, 1.54) is 33.8 Å². The lowest BCUT2D eigenvalue weighted by Gasteiger charge is -2.27. The third-order valence-electron chi connectivity index (χ3n) is 3.43. The van der Waals surface area contributed by atoms with Crippen molar-refractivity contribution in [2.45, 2.75) is 44.9 Å². The molecule has 2 aromatic rings. The van der Waals surface area contributed by atoms with Crippen LogP contribution in [0.15, 0.2) is 6.07 Å². The summed E-state index contributed by atoms with van der Waals surface area (Å²) in [4.78, 5) is 26.7. The summed E-state index contributed by atoms with van der Waals surface area (Å²) in [6.45, 7) is 5.88. The van der Waals surface area contributed by atoms with Crippen molar-refractivity contribution in [1.82, 2.24) is 4.98 Å². The van der Waals surface area contributed by atoms with Gasteiger partial charge in [0.1, 0.15) is 0 Å². The highest BCUT2D eigenvalue weighted by molar-refractivity contribution is 7.88. The Labute approximate surface area is 167 Å². The van der Waals surface area contributed by atoms with Crippen molar-refractivity contribution in [1.29, 1.82) is 0 Å². The average Bonchev–Trinajstić information content (AvgIpc) is 2.94. The zero-order valence-corrected chi connectivity index (χ0v) is 17.2. The summed E-state index contributed by atoms with van der Waals surface area (Å²) < 4.78 is 71.7. The van der Waals surface area contributed by atoms with Gasteiger partial charge in [-0.2, -0.15) is 21.6 Å². The zero-order valence-electron chi connectivity index (χ0n) is 15.5. The molecule has 0 aliphatic carbocycles. The number of alkyl halides is 3. The van der Waals surface area contributed by atoms with Gasteiger partial charge in [-0.1, -0.05) is 0 Å². The van der Waals surface area contributed by atoms with Gasteiger partial charge < -0.3 is 14.0 Å². The second kappa shape index (κ2) is 7.54. The van der Waals surface area contributed by atoms with E-state index >= 15 is 0 Å². The lowest BCUT2D eigenvalue weighted by atomic mass is 10.0. The minimum absolute atomic E-state index is 0.0226. The Kier molecular flexibility index (Phi) is 5.99. The van der Waals surface area contributed by atoms with Gasteiger partial charge in [0, 0.05) is 5.56 Å². The predicted molar refractivity (Wildman–Crippen MR) is 96.6 cm³/mol.